The van der Waals surface area contributed by atoms with Gasteiger partial charge in [-0.15, -0.1) is 0 Å². The first-order chi connectivity index (χ1) is 11.9. The molecule has 0 spiro atoms. The third-order valence-electron chi connectivity index (χ3n) is 3.46. The molecule has 2 amide bonds. The number of rotatable bonds is 4. The zero-order valence-electron chi connectivity index (χ0n) is 13.1. The van der Waals surface area contributed by atoms with Gasteiger partial charge in [-0.25, -0.2) is 0 Å². The number of amides is 2. The van der Waals surface area contributed by atoms with E-state index in [9.17, 15) is 9.59 Å². The number of carbonyl (C=O) groups is 2. The quantitative estimate of drug-likeness (QED) is 0.406. The SMILES string of the molecule is Cc1ccc(COc2c(I)cc(/C=C3\SC(=O)NC3=O)cc2I)cc1. The summed E-state index contributed by atoms with van der Waals surface area (Å²) in [7, 11) is 0. The number of imide groups is 1. The van der Waals surface area contributed by atoms with E-state index in [1.807, 2.05) is 12.1 Å². The molecule has 1 heterocycles. The Balaban J connectivity index is 1.78. The summed E-state index contributed by atoms with van der Waals surface area (Å²) in [5.74, 6) is 0.475. The van der Waals surface area contributed by atoms with Crippen molar-refractivity contribution in [3.05, 3.63) is 65.1 Å². The summed E-state index contributed by atoms with van der Waals surface area (Å²) in [6.07, 6.45) is 1.72. The van der Waals surface area contributed by atoms with Crippen LogP contribution in [-0.4, -0.2) is 11.1 Å². The van der Waals surface area contributed by atoms with Crippen LogP contribution in [0.2, 0.25) is 0 Å². The minimum atomic E-state index is -0.347. The highest BCUT2D eigenvalue weighted by Crippen LogP contribution is 2.32. The maximum atomic E-state index is 11.7. The molecule has 0 aliphatic carbocycles. The second kappa shape index (κ2) is 8.09. The summed E-state index contributed by atoms with van der Waals surface area (Å²) < 4.78 is 7.90. The molecule has 1 aliphatic rings. The zero-order valence-corrected chi connectivity index (χ0v) is 18.3. The Kier molecular flexibility index (Phi) is 6.05. The standard InChI is InChI=1S/C18H13I2NO3S/c1-10-2-4-11(5-3-10)9-24-16-13(19)6-12(7-14(16)20)8-15-17(22)21-18(23)25-15/h2-8H,9H2,1H3,(H,21,22,23)/b15-8-. The van der Waals surface area contributed by atoms with Crippen LogP contribution in [0.4, 0.5) is 4.79 Å². The van der Waals surface area contributed by atoms with Crippen LogP contribution >= 0.6 is 56.9 Å². The largest absolute Gasteiger partial charge is 0.487 e. The topological polar surface area (TPSA) is 55.4 Å². The van der Waals surface area contributed by atoms with Gasteiger partial charge in [0.05, 0.1) is 12.0 Å². The van der Waals surface area contributed by atoms with E-state index in [0.29, 0.717) is 11.5 Å². The molecule has 0 unspecified atom stereocenters. The van der Waals surface area contributed by atoms with E-state index < -0.39 is 0 Å². The third-order valence-corrected chi connectivity index (χ3v) is 5.88. The average molecular weight is 577 g/mol. The second-order valence-electron chi connectivity index (χ2n) is 5.44. The van der Waals surface area contributed by atoms with Crippen LogP contribution in [0.25, 0.3) is 6.08 Å². The number of carbonyl (C=O) groups excluding carboxylic acids is 2. The van der Waals surface area contributed by atoms with Crippen LogP contribution in [-0.2, 0) is 11.4 Å². The van der Waals surface area contributed by atoms with E-state index in [2.05, 4.69) is 81.7 Å². The number of nitrogens with one attached hydrogen (secondary N) is 1. The number of hydrogen-bond acceptors (Lipinski definition) is 4. The fourth-order valence-electron chi connectivity index (χ4n) is 2.21. The minimum Gasteiger partial charge on any atom is -0.487 e. The molecule has 0 atom stereocenters. The monoisotopic (exact) mass is 577 g/mol. The van der Waals surface area contributed by atoms with E-state index in [0.717, 1.165) is 35.8 Å². The molecule has 7 heteroatoms. The van der Waals surface area contributed by atoms with Gasteiger partial charge in [0.15, 0.2) is 0 Å². The molecule has 4 nitrogen and oxygen atoms in total. The Labute approximate surface area is 177 Å². The average Bonchev–Trinajstić information content (AvgIpc) is 2.86. The summed E-state index contributed by atoms with van der Waals surface area (Å²) in [6.45, 7) is 2.56. The Morgan fingerprint density at radius 3 is 2.32 bits per heavy atom. The smallest absolute Gasteiger partial charge is 0.290 e. The molecular formula is C18H13I2NO3S. The molecule has 128 valence electrons. The maximum Gasteiger partial charge on any atom is 0.290 e. The first-order valence-corrected chi connectivity index (χ1v) is 10.3. The first kappa shape index (κ1) is 18.7. The van der Waals surface area contributed by atoms with E-state index in [-0.39, 0.29) is 11.1 Å². The van der Waals surface area contributed by atoms with E-state index in [1.165, 1.54) is 5.56 Å². The lowest BCUT2D eigenvalue weighted by molar-refractivity contribution is -0.115. The molecule has 0 saturated carbocycles. The number of ether oxygens (including phenoxy) is 1. The lowest BCUT2D eigenvalue weighted by Crippen LogP contribution is -2.17. The van der Waals surface area contributed by atoms with Crippen molar-refractivity contribution in [2.45, 2.75) is 13.5 Å². The molecule has 0 aromatic heterocycles. The predicted molar refractivity (Wildman–Crippen MR) is 116 cm³/mol. The van der Waals surface area contributed by atoms with Gasteiger partial charge in [0.2, 0.25) is 0 Å². The van der Waals surface area contributed by atoms with Gasteiger partial charge in [0, 0.05) is 0 Å². The molecule has 25 heavy (non-hydrogen) atoms. The van der Waals surface area contributed by atoms with E-state index in [1.54, 1.807) is 6.08 Å². The van der Waals surface area contributed by atoms with Crippen LogP contribution in [0.15, 0.2) is 41.3 Å². The van der Waals surface area contributed by atoms with E-state index in [4.69, 9.17) is 4.74 Å². The van der Waals surface area contributed by atoms with Crippen molar-refractivity contribution >= 4 is 74.2 Å². The van der Waals surface area contributed by atoms with Crippen molar-refractivity contribution in [1.29, 1.82) is 0 Å². The predicted octanol–water partition coefficient (Wildman–Crippen LogP) is 5.11. The first-order valence-electron chi connectivity index (χ1n) is 7.34. The lowest BCUT2D eigenvalue weighted by atomic mass is 10.1. The van der Waals surface area contributed by atoms with Crippen LogP contribution in [0.5, 0.6) is 5.75 Å². The summed E-state index contributed by atoms with van der Waals surface area (Å²) in [5, 5.41) is 1.92. The molecule has 3 rings (SSSR count). The summed E-state index contributed by atoms with van der Waals surface area (Å²) in [4.78, 5) is 23.3. The molecule has 1 aliphatic heterocycles. The second-order valence-corrected chi connectivity index (χ2v) is 8.78. The number of aryl methyl sites for hydroxylation is 1. The fraction of sp³-hybridized carbons (Fsp3) is 0.111. The maximum absolute atomic E-state index is 11.7. The van der Waals surface area contributed by atoms with Gasteiger partial charge in [-0.3, -0.25) is 14.9 Å². The highest BCUT2D eigenvalue weighted by Gasteiger charge is 2.25. The molecule has 1 N–H and O–H groups in total. The molecule has 1 saturated heterocycles. The number of thioether (sulfide) groups is 1. The zero-order chi connectivity index (χ0) is 18.0. The molecule has 2 aromatic carbocycles. The Hall–Kier alpha value is -1.07. The van der Waals surface area contributed by atoms with Crippen LogP contribution < -0.4 is 10.1 Å². The van der Waals surface area contributed by atoms with Gasteiger partial charge in [-0.1, -0.05) is 29.8 Å². The molecular weight excluding hydrogens is 564 g/mol. The number of benzene rings is 2. The summed E-state index contributed by atoms with van der Waals surface area (Å²) in [5.41, 5.74) is 3.20. The summed E-state index contributed by atoms with van der Waals surface area (Å²) >= 11 is 5.36. The van der Waals surface area contributed by atoms with Gasteiger partial charge in [-0.2, -0.15) is 0 Å². The Bertz CT molecular complexity index is 855. The Morgan fingerprint density at radius 2 is 1.76 bits per heavy atom. The molecule has 1 fully saturated rings. The van der Waals surface area contributed by atoms with Gasteiger partial charge >= 0.3 is 0 Å². The van der Waals surface area contributed by atoms with Gasteiger partial charge in [0.25, 0.3) is 11.1 Å². The van der Waals surface area contributed by atoms with Crippen molar-refractivity contribution in [3.8, 4) is 5.75 Å². The van der Waals surface area contributed by atoms with Crippen molar-refractivity contribution in [3.63, 3.8) is 0 Å². The third kappa shape index (κ3) is 4.76. The Morgan fingerprint density at radius 1 is 1.12 bits per heavy atom. The van der Waals surface area contributed by atoms with Crippen molar-refractivity contribution in [2.24, 2.45) is 0 Å². The highest BCUT2D eigenvalue weighted by molar-refractivity contribution is 14.1. The number of halogens is 2. The van der Waals surface area contributed by atoms with Gasteiger partial charge in [-0.05, 0) is 93.2 Å². The highest BCUT2D eigenvalue weighted by atomic mass is 127. The van der Waals surface area contributed by atoms with Crippen LogP contribution in [0.3, 0.4) is 0 Å². The van der Waals surface area contributed by atoms with E-state index >= 15 is 0 Å². The van der Waals surface area contributed by atoms with Gasteiger partial charge < -0.3 is 4.74 Å². The van der Waals surface area contributed by atoms with Crippen molar-refractivity contribution in [1.82, 2.24) is 5.32 Å². The number of hydrogen-bond donors (Lipinski definition) is 1. The molecule has 0 radical (unpaired) electrons. The lowest BCUT2D eigenvalue weighted by Gasteiger charge is -2.12. The summed E-state index contributed by atoms with van der Waals surface area (Å²) in [6, 6.07) is 12.1. The normalized spacial score (nSPS) is 15.6. The van der Waals surface area contributed by atoms with Crippen LogP contribution in [0, 0.1) is 14.1 Å². The molecule has 0 bridgehead atoms. The van der Waals surface area contributed by atoms with Crippen molar-refractivity contribution < 1.29 is 14.3 Å². The fourth-order valence-corrected chi connectivity index (χ4v) is 5.02. The minimum absolute atomic E-state index is 0.335. The van der Waals surface area contributed by atoms with Crippen LogP contribution in [0.1, 0.15) is 16.7 Å². The van der Waals surface area contributed by atoms with Crippen molar-refractivity contribution in [2.75, 3.05) is 0 Å². The van der Waals surface area contributed by atoms with Gasteiger partial charge in [0.1, 0.15) is 12.4 Å². The molecule has 2 aromatic rings.